The fourth-order valence-electron chi connectivity index (χ4n) is 1.99. The van der Waals surface area contributed by atoms with Crippen molar-refractivity contribution in [3.8, 4) is 11.8 Å². The molecule has 2 rings (SSSR count). The summed E-state index contributed by atoms with van der Waals surface area (Å²) in [6.45, 7) is 1.96. The second kappa shape index (κ2) is 3.32. The molecule has 0 aliphatic rings. The smallest absolute Gasteiger partial charge is 0.143 e. The monoisotopic (exact) mass is 200 g/mol. The van der Waals surface area contributed by atoms with Crippen molar-refractivity contribution < 1.29 is 4.74 Å². The minimum atomic E-state index is 0.689. The summed E-state index contributed by atoms with van der Waals surface area (Å²) >= 11 is 0. The summed E-state index contributed by atoms with van der Waals surface area (Å²) < 4.78 is 7.17. The van der Waals surface area contributed by atoms with Crippen LogP contribution in [0.2, 0.25) is 0 Å². The number of fused-ring (bicyclic) bond motifs is 1. The van der Waals surface area contributed by atoms with Crippen LogP contribution >= 0.6 is 0 Å². The second-order valence-corrected chi connectivity index (χ2v) is 3.50. The van der Waals surface area contributed by atoms with E-state index in [-0.39, 0.29) is 0 Å². The first kappa shape index (κ1) is 9.60. The second-order valence-electron chi connectivity index (χ2n) is 3.50. The quantitative estimate of drug-likeness (QED) is 0.708. The van der Waals surface area contributed by atoms with Gasteiger partial charge in [-0.25, -0.2) is 0 Å². The van der Waals surface area contributed by atoms with E-state index < -0.39 is 0 Å². The standard InChI is InChI=1S/C12H12N2O/c1-8-9-5-4-6-11(15-3)12(9)14(2)10(8)7-13/h4-6H,1-3H3. The topological polar surface area (TPSA) is 37.9 Å². The fourth-order valence-corrected chi connectivity index (χ4v) is 1.99. The first-order valence-corrected chi connectivity index (χ1v) is 4.72. The number of ether oxygens (including phenoxy) is 1. The van der Waals surface area contributed by atoms with Crippen LogP contribution in [-0.4, -0.2) is 11.7 Å². The SMILES string of the molecule is COc1cccc2c(C)c(C#N)n(C)c12. The Balaban J connectivity index is 2.97. The first-order chi connectivity index (χ1) is 7.20. The Morgan fingerprint density at radius 2 is 2.13 bits per heavy atom. The maximum absolute atomic E-state index is 9.05. The molecule has 0 atom stereocenters. The first-order valence-electron chi connectivity index (χ1n) is 4.72. The van der Waals surface area contributed by atoms with Crippen LogP contribution in [0.4, 0.5) is 0 Å². The van der Waals surface area contributed by atoms with Gasteiger partial charge in [-0.2, -0.15) is 5.26 Å². The van der Waals surface area contributed by atoms with Crippen LogP contribution in [0.1, 0.15) is 11.3 Å². The van der Waals surface area contributed by atoms with Crippen LogP contribution in [0.3, 0.4) is 0 Å². The molecule has 0 saturated heterocycles. The van der Waals surface area contributed by atoms with Crippen LogP contribution < -0.4 is 4.74 Å². The minimum absolute atomic E-state index is 0.689. The van der Waals surface area contributed by atoms with Gasteiger partial charge in [0.25, 0.3) is 0 Å². The van der Waals surface area contributed by atoms with Gasteiger partial charge >= 0.3 is 0 Å². The van der Waals surface area contributed by atoms with Crippen molar-refractivity contribution in [3.05, 3.63) is 29.5 Å². The summed E-state index contributed by atoms with van der Waals surface area (Å²) in [7, 11) is 3.53. The molecule has 76 valence electrons. The normalized spacial score (nSPS) is 10.3. The average Bonchev–Trinajstić information content (AvgIpc) is 2.51. The molecule has 1 aromatic carbocycles. The predicted octanol–water partition coefficient (Wildman–Crippen LogP) is 2.37. The Kier molecular flexibility index (Phi) is 2.12. The highest BCUT2D eigenvalue weighted by atomic mass is 16.5. The van der Waals surface area contributed by atoms with E-state index in [4.69, 9.17) is 10.00 Å². The molecule has 1 heterocycles. The van der Waals surface area contributed by atoms with E-state index in [1.807, 2.05) is 36.7 Å². The molecular weight excluding hydrogens is 188 g/mol. The third-order valence-corrected chi connectivity index (χ3v) is 2.75. The summed E-state index contributed by atoms with van der Waals surface area (Å²) in [6.07, 6.45) is 0. The largest absolute Gasteiger partial charge is 0.495 e. The molecular formula is C12H12N2O. The predicted molar refractivity (Wildman–Crippen MR) is 58.9 cm³/mol. The fraction of sp³-hybridized carbons (Fsp3) is 0.250. The molecule has 0 spiro atoms. The minimum Gasteiger partial charge on any atom is -0.495 e. The third kappa shape index (κ3) is 1.18. The van der Waals surface area contributed by atoms with Gasteiger partial charge in [0.1, 0.15) is 17.5 Å². The zero-order valence-corrected chi connectivity index (χ0v) is 9.03. The van der Waals surface area contributed by atoms with Crippen molar-refractivity contribution in [3.63, 3.8) is 0 Å². The highest BCUT2D eigenvalue weighted by Gasteiger charge is 2.13. The van der Waals surface area contributed by atoms with Gasteiger partial charge in [-0.15, -0.1) is 0 Å². The van der Waals surface area contributed by atoms with Gasteiger partial charge in [-0.3, -0.25) is 0 Å². The molecule has 3 heteroatoms. The van der Waals surface area contributed by atoms with Gasteiger partial charge in [0.2, 0.25) is 0 Å². The lowest BCUT2D eigenvalue weighted by Crippen LogP contribution is -1.94. The van der Waals surface area contributed by atoms with E-state index in [1.54, 1.807) is 7.11 Å². The Hall–Kier alpha value is -1.95. The van der Waals surface area contributed by atoms with Crippen LogP contribution in [-0.2, 0) is 7.05 Å². The Morgan fingerprint density at radius 1 is 1.40 bits per heavy atom. The van der Waals surface area contributed by atoms with Crippen molar-refractivity contribution in [2.45, 2.75) is 6.92 Å². The summed E-state index contributed by atoms with van der Waals surface area (Å²) in [6, 6.07) is 8.07. The summed E-state index contributed by atoms with van der Waals surface area (Å²) in [5.74, 6) is 0.805. The number of methoxy groups -OCH3 is 1. The molecule has 0 N–H and O–H groups in total. The summed E-state index contributed by atoms with van der Waals surface area (Å²) in [5, 5.41) is 10.1. The number of aromatic nitrogens is 1. The van der Waals surface area contributed by atoms with Crippen molar-refractivity contribution in [2.24, 2.45) is 7.05 Å². The summed E-state index contributed by atoms with van der Waals surface area (Å²) in [5.41, 5.74) is 2.68. The molecule has 0 aliphatic carbocycles. The van der Waals surface area contributed by atoms with Crippen molar-refractivity contribution in [1.29, 1.82) is 5.26 Å². The zero-order chi connectivity index (χ0) is 11.0. The van der Waals surface area contributed by atoms with Gasteiger partial charge in [-0.05, 0) is 18.6 Å². The number of hydrogen-bond donors (Lipinski definition) is 0. The number of hydrogen-bond acceptors (Lipinski definition) is 2. The number of para-hydroxylation sites is 1. The number of nitriles is 1. The van der Waals surface area contributed by atoms with E-state index in [0.717, 1.165) is 22.2 Å². The lowest BCUT2D eigenvalue weighted by molar-refractivity contribution is 0.418. The molecule has 0 unspecified atom stereocenters. The molecule has 2 aromatic rings. The highest BCUT2D eigenvalue weighted by Crippen LogP contribution is 2.31. The van der Waals surface area contributed by atoms with Gasteiger partial charge in [0.05, 0.1) is 12.6 Å². The summed E-state index contributed by atoms with van der Waals surface area (Å²) in [4.78, 5) is 0. The van der Waals surface area contributed by atoms with Gasteiger partial charge < -0.3 is 9.30 Å². The van der Waals surface area contributed by atoms with Gasteiger partial charge in [0, 0.05) is 12.4 Å². The maximum Gasteiger partial charge on any atom is 0.143 e. The molecule has 0 saturated carbocycles. The van der Waals surface area contributed by atoms with E-state index >= 15 is 0 Å². The molecule has 0 aliphatic heterocycles. The van der Waals surface area contributed by atoms with Gasteiger partial charge in [0.15, 0.2) is 0 Å². The van der Waals surface area contributed by atoms with E-state index in [0.29, 0.717) is 5.69 Å². The maximum atomic E-state index is 9.05. The van der Waals surface area contributed by atoms with Crippen molar-refractivity contribution in [1.82, 2.24) is 4.57 Å². The number of rotatable bonds is 1. The number of aryl methyl sites for hydroxylation is 2. The van der Waals surface area contributed by atoms with E-state index in [9.17, 15) is 0 Å². The lowest BCUT2D eigenvalue weighted by Gasteiger charge is -2.04. The Morgan fingerprint density at radius 3 is 2.73 bits per heavy atom. The Bertz CT molecular complexity index is 561. The van der Waals surface area contributed by atoms with Crippen molar-refractivity contribution in [2.75, 3.05) is 7.11 Å². The molecule has 0 amide bonds. The Labute approximate surface area is 88.5 Å². The zero-order valence-electron chi connectivity index (χ0n) is 9.03. The average molecular weight is 200 g/mol. The van der Waals surface area contributed by atoms with E-state index in [2.05, 4.69) is 6.07 Å². The molecule has 0 bridgehead atoms. The number of benzene rings is 1. The van der Waals surface area contributed by atoms with Gasteiger partial charge in [-0.1, -0.05) is 12.1 Å². The highest BCUT2D eigenvalue weighted by molar-refractivity contribution is 5.91. The number of nitrogens with zero attached hydrogens (tertiary/aromatic N) is 2. The molecule has 3 nitrogen and oxygen atoms in total. The molecule has 0 fully saturated rings. The molecule has 15 heavy (non-hydrogen) atoms. The van der Waals surface area contributed by atoms with Crippen LogP contribution in [0.5, 0.6) is 5.75 Å². The third-order valence-electron chi connectivity index (χ3n) is 2.75. The molecule has 0 radical (unpaired) electrons. The lowest BCUT2D eigenvalue weighted by atomic mass is 10.1. The molecule has 1 aromatic heterocycles. The van der Waals surface area contributed by atoms with Crippen LogP contribution in [0.15, 0.2) is 18.2 Å². The van der Waals surface area contributed by atoms with Crippen LogP contribution in [0, 0.1) is 18.3 Å². The van der Waals surface area contributed by atoms with E-state index in [1.165, 1.54) is 0 Å². The van der Waals surface area contributed by atoms with Crippen LogP contribution in [0.25, 0.3) is 10.9 Å². The van der Waals surface area contributed by atoms with Crippen molar-refractivity contribution >= 4 is 10.9 Å².